The van der Waals surface area contributed by atoms with Crippen molar-refractivity contribution in [1.82, 2.24) is 0 Å². The van der Waals surface area contributed by atoms with Gasteiger partial charge in [-0.25, -0.2) is 0 Å². The van der Waals surface area contributed by atoms with Crippen molar-refractivity contribution in [1.29, 1.82) is 0 Å². The summed E-state index contributed by atoms with van der Waals surface area (Å²) in [5.41, 5.74) is 0. The molecule has 0 saturated heterocycles. The Morgan fingerprint density at radius 2 is 1.60 bits per heavy atom. The Labute approximate surface area is 103 Å². The minimum Gasteiger partial charge on any atom is -0.324 e. The standard InChI is InChI=1S/C10H23O3P.Ni/c1-3-5-7-9-13-14(11,12)10-8-6-4-2;/h3-10H2,1-2H3,(H,11,12);. The van der Waals surface area contributed by atoms with Crippen molar-refractivity contribution >= 4 is 7.60 Å². The summed E-state index contributed by atoms with van der Waals surface area (Å²) in [7, 11) is -3.26. The van der Waals surface area contributed by atoms with Gasteiger partial charge in [-0.3, -0.25) is 4.57 Å². The molecule has 96 valence electrons. The molecule has 0 aromatic heterocycles. The first kappa shape index (κ1) is 18.0. The van der Waals surface area contributed by atoms with E-state index >= 15 is 0 Å². The van der Waals surface area contributed by atoms with Gasteiger partial charge in [0.05, 0.1) is 6.61 Å². The molecule has 0 fully saturated rings. The summed E-state index contributed by atoms with van der Waals surface area (Å²) in [4.78, 5) is 9.37. The molecule has 0 aromatic rings. The van der Waals surface area contributed by atoms with Gasteiger partial charge in [-0.2, -0.15) is 0 Å². The van der Waals surface area contributed by atoms with Crippen LogP contribution in [-0.2, 0) is 25.6 Å². The molecule has 5 heteroatoms. The van der Waals surface area contributed by atoms with Gasteiger partial charge in [0.1, 0.15) is 0 Å². The van der Waals surface area contributed by atoms with E-state index in [0.717, 1.165) is 38.5 Å². The molecular weight excluding hydrogens is 258 g/mol. The second-order valence-electron chi connectivity index (χ2n) is 3.61. The normalized spacial score (nSPS) is 14.3. The molecule has 0 aliphatic rings. The van der Waals surface area contributed by atoms with Crippen LogP contribution in [0.15, 0.2) is 0 Å². The van der Waals surface area contributed by atoms with Crippen LogP contribution in [0, 0.1) is 0 Å². The molecule has 0 heterocycles. The van der Waals surface area contributed by atoms with Crippen molar-refractivity contribution in [3.63, 3.8) is 0 Å². The van der Waals surface area contributed by atoms with Gasteiger partial charge in [0, 0.05) is 22.7 Å². The van der Waals surface area contributed by atoms with Gasteiger partial charge in [-0.1, -0.05) is 39.5 Å². The van der Waals surface area contributed by atoms with E-state index < -0.39 is 7.60 Å². The summed E-state index contributed by atoms with van der Waals surface area (Å²) in [6.07, 6.45) is 6.22. The number of hydrogen-bond acceptors (Lipinski definition) is 2. The van der Waals surface area contributed by atoms with Crippen LogP contribution in [0.2, 0.25) is 0 Å². The third-order valence-electron chi connectivity index (χ3n) is 2.09. The summed E-state index contributed by atoms with van der Waals surface area (Å²) in [5, 5.41) is 0. The maximum absolute atomic E-state index is 11.4. The maximum Gasteiger partial charge on any atom is 0.328 e. The predicted molar refractivity (Wildman–Crippen MR) is 59.7 cm³/mol. The molecule has 0 saturated carbocycles. The topological polar surface area (TPSA) is 46.5 Å². The fourth-order valence-electron chi connectivity index (χ4n) is 1.19. The van der Waals surface area contributed by atoms with Crippen LogP contribution in [-0.4, -0.2) is 17.7 Å². The molecule has 1 N–H and O–H groups in total. The van der Waals surface area contributed by atoms with Crippen molar-refractivity contribution in [3.05, 3.63) is 0 Å². The van der Waals surface area contributed by atoms with Gasteiger partial charge >= 0.3 is 7.60 Å². The summed E-state index contributed by atoms with van der Waals surface area (Å²) in [6.45, 7) is 4.60. The SMILES string of the molecule is CCCCCOP(=O)(O)CCCCC.[Ni]. The summed E-state index contributed by atoms with van der Waals surface area (Å²) >= 11 is 0. The van der Waals surface area contributed by atoms with Crippen LogP contribution in [0.3, 0.4) is 0 Å². The molecule has 0 radical (unpaired) electrons. The molecule has 0 spiro atoms. The van der Waals surface area contributed by atoms with E-state index in [2.05, 4.69) is 13.8 Å². The van der Waals surface area contributed by atoms with Crippen LogP contribution in [0.4, 0.5) is 0 Å². The van der Waals surface area contributed by atoms with E-state index in [1.54, 1.807) is 0 Å². The minimum atomic E-state index is -3.26. The second-order valence-corrected chi connectivity index (χ2v) is 5.59. The third kappa shape index (κ3) is 12.6. The molecule has 0 aliphatic heterocycles. The van der Waals surface area contributed by atoms with Gasteiger partial charge < -0.3 is 9.42 Å². The van der Waals surface area contributed by atoms with Crippen LogP contribution >= 0.6 is 7.60 Å². The van der Waals surface area contributed by atoms with Crippen LogP contribution in [0.5, 0.6) is 0 Å². The van der Waals surface area contributed by atoms with Crippen molar-refractivity contribution in [2.75, 3.05) is 12.8 Å². The van der Waals surface area contributed by atoms with Crippen molar-refractivity contribution in [2.45, 2.75) is 52.4 Å². The van der Waals surface area contributed by atoms with Gasteiger partial charge in [0.2, 0.25) is 0 Å². The summed E-state index contributed by atoms with van der Waals surface area (Å²) in [5.74, 6) is 0. The zero-order valence-corrected chi connectivity index (χ0v) is 11.6. The Hall–Kier alpha value is 0.644. The summed E-state index contributed by atoms with van der Waals surface area (Å²) < 4.78 is 16.4. The zero-order chi connectivity index (χ0) is 10.9. The van der Waals surface area contributed by atoms with E-state index in [1.165, 1.54) is 0 Å². The monoisotopic (exact) mass is 280 g/mol. The molecule has 1 unspecified atom stereocenters. The Morgan fingerprint density at radius 1 is 1.07 bits per heavy atom. The molecule has 0 rings (SSSR count). The number of hydrogen-bond donors (Lipinski definition) is 1. The first-order valence-electron chi connectivity index (χ1n) is 5.58. The van der Waals surface area contributed by atoms with Gasteiger partial charge in [-0.05, 0) is 12.8 Å². The first-order chi connectivity index (χ1) is 6.62. The molecule has 0 aromatic carbocycles. The number of rotatable bonds is 9. The fourth-order valence-corrected chi connectivity index (χ4v) is 2.35. The van der Waals surface area contributed by atoms with Crippen LogP contribution < -0.4 is 0 Å². The smallest absolute Gasteiger partial charge is 0.324 e. The largest absolute Gasteiger partial charge is 0.328 e. The quantitative estimate of drug-likeness (QED) is 0.399. The Kier molecular flexibility index (Phi) is 13.4. The molecule has 0 aliphatic carbocycles. The van der Waals surface area contributed by atoms with Crippen LogP contribution in [0.25, 0.3) is 0 Å². The predicted octanol–water partition coefficient (Wildman–Crippen LogP) is 3.57. The van der Waals surface area contributed by atoms with E-state index in [4.69, 9.17) is 4.52 Å². The fraction of sp³-hybridized carbons (Fsp3) is 1.00. The molecular formula is C10H23NiO3P. The number of unbranched alkanes of at least 4 members (excludes halogenated alkanes) is 4. The van der Waals surface area contributed by atoms with E-state index in [0.29, 0.717) is 12.8 Å². The third-order valence-corrected chi connectivity index (χ3v) is 3.55. The van der Waals surface area contributed by atoms with Crippen LogP contribution in [0.1, 0.15) is 52.4 Å². The molecule has 0 bridgehead atoms. The van der Waals surface area contributed by atoms with Gasteiger partial charge in [-0.15, -0.1) is 0 Å². The Balaban J connectivity index is 0. The Morgan fingerprint density at radius 3 is 2.13 bits per heavy atom. The van der Waals surface area contributed by atoms with Crippen molar-refractivity contribution in [2.24, 2.45) is 0 Å². The molecule has 1 atom stereocenters. The maximum atomic E-state index is 11.4. The van der Waals surface area contributed by atoms with Gasteiger partial charge in [0.25, 0.3) is 0 Å². The second kappa shape index (κ2) is 11.1. The molecule has 15 heavy (non-hydrogen) atoms. The van der Waals surface area contributed by atoms with E-state index in [1.807, 2.05) is 0 Å². The van der Waals surface area contributed by atoms with Crippen molar-refractivity contribution in [3.8, 4) is 0 Å². The Bertz CT molecular complexity index is 176. The average Bonchev–Trinajstić information content (AvgIpc) is 2.13. The van der Waals surface area contributed by atoms with E-state index in [9.17, 15) is 9.46 Å². The zero-order valence-electron chi connectivity index (χ0n) is 9.68. The van der Waals surface area contributed by atoms with Gasteiger partial charge in [0.15, 0.2) is 0 Å². The van der Waals surface area contributed by atoms with E-state index in [-0.39, 0.29) is 16.5 Å². The average molecular weight is 281 g/mol. The first-order valence-corrected chi connectivity index (χ1v) is 7.35. The summed E-state index contributed by atoms with van der Waals surface area (Å²) in [6, 6.07) is 0. The minimum absolute atomic E-state index is 0. The molecule has 0 amide bonds. The van der Waals surface area contributed by atoms with Crippen molar-refractivity contribution < 1.29 is 30.5 Å². The molecule has 3 nitrogen and oxygen atoms in total.